The number of nitrogens with zero attached hydrogens (tertiary/aromatic N) is 3. The maximum absolute atomic E-state index is 12.0. The molecule has 2 N–H and O–H groups in total. The first kappa shape index (κ1) is 14.9. The molecule has 0 radical (unpaired) electrons. The van der Waals surface area contributed by atoms with Gasteiger partial charge >= 0.3 is 0 Å². The van der Waals surface area contributed by atoms with Gasteiger partial charge in [0.15, 0.2) is 0 Å². The van der Waals surface area contributed by atoms with Crippen LogP contribution in [0, 0.1) is 0 Å². The molecule has 0 saturated carbocycles. The van der Waals surface area contributed by atoms with Crippen molar-refractivity contribution in [3.63, 3.8) is 0 Å². The summed E-state index contributed by atoms with van der Waals surface area (Å²) in [5, 5.41) is 11.3. The predicted octanol–water partition coefficient (Wildman–Crippen LogP) is 2.89. The lowest BCUT2D eigenvalue weighted by molar-refractivity contribution is 0.0950. The molecule has 0 unspecified atom stereocenters. The average molecular weight is 326 g/mol. The number of hydrogen-bond donors (Lipinski definition) is 2. The molecule has 2 heterocycles. The molecule has 1 amide bonds. The highest BCUT2D eigenvalue weighted by Gasteiger charge is 2.10. The van der Waals surface area contributed by atoms with Gasteiger partial charge in [0.25, 0.3) is 5.91 Å². The van der Waals surface area contributed by atoms with Gasteiger partial charge < -0.3 is 0 Å². The normalized spacial score (nSPS) is 10.8. The SMILES string of the molecule is O=C(N/N=C\c1cccnc1)c1cc(-c2ccc(Cl)cc2)n[nH]1. The standard InChI is InChI=1S/C16H12ClN5O/c17-13-5-3-12(4-6-13)14-8-15(21-20-14)16(23)22-19-10-11-2-1-7-18-9-11/h1-10H,(H,20,21)(H,22,23)/b19-10-. The van der Waals surface area contributed by atoms with Crippen molar-refractivity contribution in [1.29, 1.82) is 0 Å². The molecule has 0 aliphatic rings. The Kier molecular flexibility index (Phi) is 4.44. The zero-order valence-electron chi connectivity index (χ0n) is 11.9. The Hall–Kier alpha value is -2.99. The number of carbonyl (C=O) groups excluding carboxylic acids is 1. The quantitative estimate of drug-likeness (QED) is 0.571. The second kappa shape index (κ2) is 6.85. The molecule has 0 aliphatic carbocycles. The van der Waals surface area contributed by atoms with Crippen molar-refractivity contribution >= 4 is 23.7 Å². The van der Waals surface area contributed by atoms with E-state index in [1.54, 1.807) is 36.7 Å². The molecule has 0 fully saturated rings. The van der Waals surface area contributed by atoms with Crippen LogP contribution < -0.4 is 5.43 Å². The van der Waals surface area contributed by atoms with Crippen molar-refractivity contribution < 1.29 is 4.79 Å². The molecule has 114 valence electrons. The number of benzene rings is 1. The number of aromatic nitrogens is 3. The van der Waals surface area contributed by atoms with E-state index in [-0.39, 0.29) is 5.91 Å². The largest absolute Gasteiger partial charge is 0.289 e. The highest BCUT2D eigenvalue weighted by Crippen LogP contribution is 2.20. The van der Waals surface area contributed by atoms with E-state index in [4.69, 9.17) is 11.6 Å². The number of halogens is 1. The van der Waals surface area contributed by atoms with Crippen LogP contribution in [0.4, 0.5) is 0 Å². The molecule has 0 atom stereocenters. The van der Waals surface area contributed by atoms with Crippen LogP contribution in [-0.4, -0.2) is 27.3 Å². The van der Waals surface area contributed by atoms with Crippen LogP contribution in [0.3, 0.4) is 0 Å². The molecular formula is C16H12ClN5O. The van der Waals surface area contributed by atoms with E-state index in [0.29, 0.717) is 16.4 Å². The lowest BCUT2D eigenvalue weighted by Crippen LogP contribution is -2.18. The van der Waals surface area contributed by atoms with E-state index < -0.39 is 0 Å². The van der Waals surface area contributed by atoms with Crippen LogP contribution in [0.15, 0.2) is 60.0 Å². The summed E-state index contributed by atoms with van der Waals surface area (Å²) < 4.78 is 0. The Bertz CT molecular complexity index is 827. The third-order valence-electron chi connectivity index (χ3n) is 3.03. The molecule has 6 nitrogen and oxygen atoms in total. The third-order valence-corrected chi connectivity index (χ3v) is 3.28. The van der Waals surface area contributed by atoms with E-state index in [1.807, 2.05) is 18.2 Å². The van der Waals surface area contributed by atoms with Gasteiger partial charge in [-0.25, -0.2) is 5.43 Å². The Morgan fingerprint density at radius 1 is 1.26 bits per heavy atom. The molecule has 3 rings (SSSR count). The monoisotopic (exact) mass is 325 g/mol. The van der Waals surface area contributed by atoms with Crippen LogP contribution >= 0.6 is 11.6 Å². The molecule has 23 heavy (non-hydrogen) atoms. The van der Waals surface area contributed by atoms with E-state index in [1.165, 1.54) is 6.21 Å². The zero-order valence-corrected chi connectivity index (χ0v) is 12.7. The number of nitrogens with one attached hydrogen (secondary N) is 2. The van der Waals surface area contributed by atoms with Gasteiger partial charge in [-0.2, -0.15) is 10.2 Å². The third kappa shape index (κ3) is 3.81. The van der Waals surface area contributed by atoms with Crippen LogP contribution in [0.25, 0.3) is 11.3 Å². The van der Waals surface area contributed by atoms with Gasteiger partial charge in [0.05, 0.1) is 11.9 Å². The molecule has 0 aliphatic heterocycles. The predicted molar refractivity (Wildman–Crippen MR) is 88.3 cm³/mol. The highest BCUT2D eigenvalue weighted by atomic mass is 35.5. The first-order chi connectivity index (χ1) is 11.2. The van der Waals surface area contributed by atoms with Crippen molar-refractivity contribution in [1.82, 2.24) is 20.6 Å². The minimum atomic E-state index is -0.377. The number of amides is 1. The maximum Gasteiger partial charge on any atom is 0.289 e. The minimum Gasteiger partial charge on any atom is -0.272 e. The van der Waals surface area contributed by atoms with Crippen LogP contribution in [-0.2, 0) is 0 Å². The van der Waals surface area contributed by atoms with Crippen LogP contribution in [0.5, 0.6) is 0 Å². The summed E-state index contributed by atoms with van der Waals surface area (Å²) in [5.74, 6) is -0.377. The summed E-state index contributed by atoms with van der Waals surface area (Å²) in [6.07, 6.45) is 4.82. The first-order valence-corrected chi connectivity index (χ1v) is 7.15. The van der Waals surface area contributed by atoms with E-state index >= 15 is 0 Å². The maximum atomic E-state index is 12.0. The number of aromatic amines is 1. The number of hydrogen-bond acceptors (Lipinski definition) is 4. The van der Waals surface area contributed by atoms with E-state index in [2.05, 4.69) is 25.7 Å². The van der Waals surface area contributed by atoms with Gasteiger partial charge in [0, 0.05) is 28.5 Å². The molecular weight excluding hydrogens is 314 g/mol. The van der Waals surface area contributed by atoms with Crippen molar-refractivity contribution in [2.75, 3.05) is 0 Å². The fraction of sp³-hybridized carbons (Fsp3) is 0. The summed E-state index contributed by atoms with van der Waals surface area (Å²) in [5.41, 5.74) is 5.06. The smallest absolute Gasteiger partial charge is 0.272 e. The molecule has 2 aromatic heterocycles. The Morgan fingerprint density at radius 3 is 2.83 bits per heavy atom. The Morgan fingerprint density at radius 2 is 2.09 bits per heavy atom. The van der Waals surface area contributed by atoms with Gasteiger partial charge in [-0.05, 0) is 24.3 Å². The van der Waals surface area contributed by atoms with E-state index in [9.17, 15) is 4.79 Å². The fourth-order valence-corrected chi connectivity index (χ4v) is 2.01. The van der Waals surface area contributed by atoms with Crippen molar-refractivity contribution in [3.05, 3.63) is 71.1 Å². The Balaban J connectivity index is 1.67. The summed E-state index contributed by atoms with van der Waals surface area (Å²) in [7, 11) is 0. The number of carbonyl (C=O) groups is 1. The summed E-state index contributed by atoms with van der Waals surface area (Å²) >= 11 is 5.85. The molecule has 0 saturated heterocycles. The van der Waals surface area contributed by atoms with Gasteiger partial charge in [0.2, 0.25) is 0 Å². The van der Waals surface area contributed by atoms with E-state index in [0.717, 1.165) is 11.1 Å². The van der Waals surface area contributed by atoms with Gasteiger partial charge in [-0.15, -0.1) is 0 Å². The second-order valence-electron chi connectivity index (χ2n) is 4.66. The fourth-order valence-electron chi connectivity index (χ4n) is 1.88. The first-order valence-electron chi connectivity index (χ1n) is 6.77. The highest BCUT2D eigenvalue weighted by molar-refractivity contribution is 6.30. The number of H-pyrrole nitrogens is 1. The molecule has 0 bridgehead atoms. The number of pyridine rings is 1. The molecule has 0 spiro atoms. The summed E-state index contributed by atoms with van der Waals surface area (Å²) in [4.78, 5) is 16.0. The minimum absolute atomic E-state index is 0.318. The van der Waals surface area contributed by atoms with Crippen LogP contribution in [0.2, 0.25) is 5.02 Å². The summed E-state index contributed by atoms with van der Waals surface area (Å²) in [6, 6.07) is 12.5. The van der Waals surface area contributed by atoms with Crippen molar-refractivity contribution in [2.45, 2.75) is 0 Å². The molecule has 3 aromatic rings. The van der Waals surface area contributed by atoms with Crippen molar-refractivity contribution in [2.24, 2.45) is 5.10 Å². The second-order valence-corrected chi connectivity index (χ2v) is 5.10. The van der Waals surface area contributed by atoms with Gasteiger partial charge in [-0.1, -0.05) is 29.8 Å². The van der Waals surface area contributed by atoms with Crippen LogP contribution in [0.1, 0.15) is 16.1 Å². The number of hydrazone groups is 1. The molecule has 7 heteroatoms. The zero-order chi connectivity index (χ0) is 16.1. The number of rotatable bonds is 4. The van der Waals surface area contributed by atoms with Crippen molar-refractivity contribution in [3.8, 4) is 11.3 Å². The topological polar surface area (TPSA) is 83.0 Å². The Labute approximate surface area is 137 Å². The van der Waals surface area contributed by atoms with Gasteiger partial charge in [0.1, 0.15) is 5.69 Å². The lowest BCUT2D eigenvalue weighted by Gasteiger charge is -1.96. The van der Waals surface area contributed by atoms with Gasteiger partial charge in [-0.3, -0.25) is 14.9 Å². The average Bonchev–Trinajstić information content (AvgIpc) is 3.06. The summed E-state index contributed by atoms with van der Waals surface area (Å²) in [6.45, 7) is 0. The lowest BCUT2D eigenvalue weighted by atomic mass is 10.1. The molecule has 1 aromatic carbocycles.